The summed E-state index contributed by atoms with van der Waals surface area (Å²) in [7, 11) is 0. The third kappa shape index (κ3) is 2.28. The quantitative estimate of drug-likeness (QED) is 0.866. The number of rotatable bonds is 3. The molecule has 1 saturated heterocycles. The lowest BCUT2D eigenvalue weighted by Crippen LogP contribution is -2.24. The van der Waals surface area contributed by atoms with E-state index in [1.54, 1.807) is 13.0 Å². The van der Waals surface area contributed by atoms with Crippen LogP contribution in [-0.2, 0) is 6.54 Å². The second kappa shape index (κ2) is 4.65. The minimum Gasteiger partial charge on any atom is -0.475 e. The van der Waals surface area contributed by atoms with Gasteiger partial charge >= 0.3 is 5.97 Å². The molecule has 0 amide bonds. The average molecular weight is 265 g/mol. The lowest BCUT2D eigenvalue weighted by molar-refractivity contribution is 0.0657. The summed E-state index contributed by atoms with van der Waals surface area (Å²) in [5, 5.41) is 18.8. The monoisotopic (exact) mass is 265 g/mol. The van der Waals surface area contributed by atoms with Gasteiger partial charge in [0, 0.05) is 24.6 Å². The second-order valence-electron chi connectivity index (χ2n) is 5.79. The Kier molecular flexibility index (Phi) is 3.11. The highest BCUT2D eigenvalue weighted by molar-refractivity contribution is 5.86. The number of carboxylic acids is 1. The summed E-state index contributed by atoms with van der Waals surface area (Å²) < 4.78 is 5.38. The lowest BCUT2D eigenvalue weighted by atomic mass is 10.00. The summed E-state index contributed by atoms with van der Waals surface area (Å²) in [4.78, 5) is 13.2. The predicted octanol–water partition coefficient (Wildman–Crippen LogP) is 1.49. The number of hydrogen-bond donors (Lipinski definition) is 2. The minimum atomic E-state index is -1.02. The van der Waals surface area contributed by atoms with Crippen LogP contribution < -0.4 is 0 Å². The van der Waals surface area contributed by atoms with Gasteiger partial charge in [-0.05, 0) is 31.7 Å². The Labute approximate surface area is 111 Å². The molecule has 104 valence electrons. The number of nitrogens with zero attached hydrogens (tertiary/aromatic N) is 1. The van der Waals surface area contributed by atoms with E-state index in [1.807, 2.05) is 0 Å². The Morgan fingerprint density at radius 3 is 2.89 bits per heavy atom. The van der Waals surface area contributed by atoms with Crippen molar-refractivity contribution in [2.75, 3.05) is 13.1 Å². The number of carboxylic acid groups (broad SMARTS) is 1. The van der Waals surface area contributed by atoms with Gasteiger partial charge in [0.15, 0.2) is 0 Å². The Hall–Kier alpha value is -1.33. The van der Waals surface area contributed by atoms with Crippen molar-refractivity contribution in [1.29, 1.82) is 0 Å². The molecule has 1 aliphatic heterocycles. The van der Waals surface area contributed by atoms with Gasteiger partial charge in [-0.2, -0.15) is 0 Å². The van der Waals surface area contributed by atoms with Gasteiger partial charge in [-0.15, -0.1) is 0 Å². The molecule has 3 unspecified atom stereocenters. The second-order valence-corrected chi connectivity index (χ2v) is 5.79. The first kappa shape index (κ1) is 12.7. The fourth-order valence-corrected chi connectivity index (χ4v) is 3.52. The first-order chi connectivity index (χ1) is 9.04. The van der Waals surface area contributed by atoms with Crippen LogP contribution in [-0.4, -0.2) is 40.3 Å². The van der Waals surface area contributed by atoms with E-state index >= 15 is 0 Å². The van der Waals surface area contributed by atoms with Crippen molar-refractivity contribution in [2.45, 2.75) is 32.4 Å². The summed E-state index contributed by atoms with van der Waals surface area (Å²) in [6, 6.07) is 1.80. The maximum atomic E-state index is 10.9. The molecule has 1 aliphatic carbocycles. The third-order valence-electron chi connectivity index (χ3n) is 4.44. The molecule has 2 aliphatic rings. The number of aryl methyl sites for hydroxylation is 1. The number of carbonyl (C=O) groups is 1. The van der Waals surface area contributed by atoms with E-state index < -0.39 is 5.97 Å². The number of aliphatic hydroxyl groups is 1. The molecule has 2 heterocycles. The van der Waals surface area contributed by atoms with E-state index in [1.165, 1.54) is 0 Å². The molecule has 0 radical (unpaired) electrons. The van der Waals surface area contributed by atoms with Crippen LogP contribution in [0, 0.1) is 18.8 Å². The number of likely N-dealkylation sites (tertiary alicyclic amines) is 1. The number of hydrogen-bond acceptors (Lipinski definition) is 4. The number of aliphatic hydroxyl groups excluding tert-OH is 1. The number of aromatic carboxylic acids is 1. The standard InChI is InChI=1S/C14H19NO4/c1-8-4-10(19-13(8)14(17)18)6-15-5-9-2-3-12(16)11(9)7-15/h4,9,11-12,16H,2-3,5-7H2,1H3,(H,17,18). The fourth-order valence-electron chi connectivity index (χ4n) is 3.52. The van der Waals surface area contributed by atoms with Gasteiger partial charge < -0.3 is 14.6 Å². The molecule has 2 N–H and O–H groups in total. The molecule has 1 aromatic rings. The molecule has 3 rings (SSSR count). The Morgan fingerprint density at radius 2 is 2.26 bits per heavy atom. The molecular weight excluding hydrogens is 246 g/mol. The van der Waals surface area contributed by atoms with Gasteiger partial charge in [0.25, 0.3) is 0 Å². The molecule has 1 aromatic heterocycles. The highest BCUT2D eigenvalue weighted by atomic mass is 16.4. The molecule has 5 heteroatoms. The van der Waals surface area contributed by atoms with Gasteiger partial charge in [-0.1, -0.05) is 0 Å². The van der Waals surface area contributed by atoms with Crippen molar-refractivity contribution in [3.8, 4) is 0 Å². The molecule has 0 bridgehead atoms. The van der Waals surface area contributed by atoms with Gasteiger partial charge in [-0.3, -0.25) is 4.90 Å². The maximum absolute atomic E-state index is 10.9. The van der Waals surface area contributed by atoms with E-state index in [9.17, 15) is 9.90 Å². The summed E-state index contributed by atoms with van der Waals surface area (Å²) in [6.07, 6.45) is 1.86. The van der Waals surface area contributed by atoms with Gasteiger partial charge in [-0.25, -0.2) is 4.79 Å². The molecule has 5 nitrogen and oxygen atoms in total. The van der Waals surface area contributed by atoms with Crippen LogP contribution in [0.15, 0.2) is 10.5 Å². The Bertz CT molecular complexity index is 496. The zero-order valence-electron chi connectivity index (χ0n) is 11.0. The zero-order chi connectivity index (χ0) is 13.6. The number of fused-ring (bicyclic) bond motifs is 1. The van der Waals surface area contributed by atoms with Crippen LogP contribution in [0.4, 0.5) is 0 Å². The van der Waals surface area contributed by atoms with E-state index in [2.05, 4.69) is 4.90 Å². The van der Waals surface area contributed by atoms with Crippen molar-refractivity contribution in [1.82, 2.24) is 4.90 Å². The van der Waals surface area contributed by atoms with Crippen molar-refractivity contribution < 1.29 is 19.4 Å². The van der Waals surface area contributed by atoms with E-state index in [-0.39, 0.29) is 11.9 Å². The Morgan fingerprint density at radius 1 is 1.47 bits per heavy atom. The molecule has 19 heavy (non-hydrogen) atoms. The van der Waals surface area contributed by atoms with Crippen LogP contribution in [0.3, 0.4) is 0 Å². The van der Waals surface area contributed by atoms with E-state index in [0.717, 1.165) is 25.9 Å². The molecule has 2 fully saturated rings. The van der Waals surface area contributed by atoms with E-state index in [0.29, 0.717) is 29.7 Å². The first-order valence-corrected chi connectivity index (χ1v) is 6.77. The van der Waals surface area contributed by atoms with Gasteiger partial charge in [0.1, 0.15) is 5.76 Å². The van der Waals surface area contributed by atoms with Crippen LogP contribution in [0.1, 0.15) is 34.7 Å². The normalized spacial score (nSPS) is 30.7. The Balaban J connectivity index is 1.67. The smallest absolute Gasteiger partial charge is 0.372 e. The van der Waals surface area contributed by atoms with Crippen LogP contribution in [0.5, 0.6) is 0 Å². The molecule has 0 aromatic carbocycles. The number of furan rings is 1. The van der Waals surface area contributed by atoms with Crippen LogP contribution >= 0.6 is 0 Å². The lowest BCUT2D eigenvalue weighted by Gasteiger charge is -2.16. The topological polar surface area (TPSA) is 73.9 Å². The summed E-state index contributed by atoms with van der Waals surface area (Å²) in [6.45, 7) is 4.24. The fraction of sp³-hybridized carbons (Fsp3) is 0.643. The van der Waals surface area contributed by atoms with Gasteiger partial charge in [0.05, 0.1) is 12.6 Å². The molecule has 0 spiro atoms. The molecular formula is C14H19NO4. The predicted molar refractivity (Wildman–Crippen MR) is 67.9 cm³/mol. The van der Waals surface area contributed by atoms with Crippen LogP contribution in [0.2, 0.25) is 0 Å². The van der Waals surface area contributed by atoms with Crippen LogP contribution in [0.25, 0.3) is 0 Å². The van der Waals surface area contributed by atoms with Crippen molar-refractivity contribution in [2.24, 2.45) is 11.8 Å². The highest BCUT2D eigenvalue weighted by Crippen LogP contribution is 2.38. The maximum Gasteiger partial charge on any atom is 0.372 e. The van der Waals surface area contributed by atoms with Crippen molar-refractivity contribution >= 4 is 5.97 Å². The highest BCUT2D eigenvalue weighted by Gasteiger charge is 2.41. The first-order valence-electron chi connectivity index (χ1n) is 6.77. The largest absolute Gasteiger partial charge is 0.475 e. The summed E-state index contributed by atoms with van der Waals surface area (Å²) >= 11 is 0. The molecule has 1 saturated carbocycles. The third-order valence-corrected chi connectivity index (χ3v) is 4.44. The van der Waals surface area contributed by atoms with Crippen molar-refractivity contribution in [3.63, 3.8) is 0 Å². The average Bonchev–Trinajstić information content (AvgIpc) is 2.97. The zero-order valence-corrected chi connectivity index (χ0v) is 11.0. The SMILES string of the molecule is Cc1cc(CN2CC3CCC(O)C3C2)oc1C(=O)O. The molecule has 3 atom stereocenters. The minimum absolute atomic E-state index is 0.0365. The van der Waals surface area contributed by atoms with Gasteiger partial charge in [0.2, 0.25) is 5.76 Å². The summed E-state index contributed by atoms with van der Waals surface area (Å²) in [5.41, 5.74) is 0.668. The van der Waals surface area contributed by atoms with Crippen molar-refractivity contribution in [3.05, 3.63) is 23.2 Å². The summed E-state index contributed by atoms with van der Waals surface area (Å²) in [5.74, 6) is 0.691. The van der Waals surface area contributed by atoms with E-state index in [4.69, 9.17) is 9.52 Å².